The van der Waals surface area contributed by atoms with E-state index < -0.39 is 35.1 Å². The second-order valence-corrected chi connectivity index (χ2v) is 35.4. The normalized spacial score (nSPS) is 10.8. The number of hydrogen-bond donors (Lipinski definition) is 5. The highest BCUT2D eigenvalue weighted by Gasteiger charge is 2.30. The summed E-state index contributed by atoms with van der Waals surface area (Å²) < 4.78 is 11.1. The van der Waals surface area contributed by atoms with E-state index in [1.807, 2.05) is 319 Å². The maximum absolute atomic E-state index is 13.3. The fraction of sp³-hybridized carbons (Fsp3) is 0.175. The van der Waals surface area contributed by atoms with E-state index in [0.717, 1.165) is 66.8 Å². The van der Waals surface area contributed by atoms with Crippen LogP contribution >= 0.6 is 104 Å². The molecule has 0 aliphatic heterocycles. The van der Waals surface area contributed by atoms with E-state index in [-0.39, 0.29) is 78.3 Å². The van der Waals surface area contributed by atoms with Crippen molar-refractivity contribution in [1.82, 2.24) is 0 Å². The smallest absolute Gasteiger partial charge is 0.342 e. The van der Waals surface area contributed by atoms with Gasteiger partial charge in [0.25, 0.3) is 0 Å². The number of amides is 2. The van der Waals surface area contributed by atoms with Crippen LogP contribution < -0.4 is 16.4 Å². The average molecular weight is 1860 g/mol. The first kappa shape index (κ1) is 100.0. The number of carboxylic acids is 2. The third-order valence-electron chi connectivity index (χ3n) is 18.9. The maximum Gasteiger partial charge on any atom is 0.342 e. The predicted molar refractivity (Wildman–Crippen MR) is 522 cm³/mol. The molecule has 23 heteroatoms. The summed E-state index contributed by atoms with van der Waals surface area (Å²) in [7, 11) is 0. The standard InChI is InChI=1S/C30H28ClNO3S.C26H20ClNO3S.C15H16ClNO2S.C15H13ClO.C15H14O2.CH2Cl2.CH4/c1-30(2,3)35-29(34)27-25(22-14-16-23(31)17-15-22)19-36-28(27)32-26(33)18-24(20-10-6-4-7-11-20)21-12-8-5-9-13-21;27-20-13-11-19(12-14-20)22-16-32-25(24(22)26(30)31)28-23(29)15-21(17-7-3-1-4-8-17)18-9-5-2-6-10-18;1-15(2,3)19-14(18)12-11(8-20-13(12)17)9-4-6-10(16)7-5-9;2*16-15(17)11-14(12-7-3-1-4-8-12)13-9-5-2-6-10-13;2-1-3;/h4-17,19,24H,18H2,1-3H3,(H,32,33);1-14,16,21H,15H2,(H,28,29)(H,30,31);4-8H,17H2,1-3H3;1-10,14H,11H2;1-10,14H,11H2,(H,16,17);1H2;1H4. The van der Waals surface area contributed by atoms with Gasteiger partial charge in [-0.2, -0.15) is 0 Å². The van der Waals surface area contributed by atoms with Crippen molar-refractivity contribution in [3.05, 3.63) is 408 Å². The third kappa shape index (κ3) is 31.3. The minimum atomic E-state index is -1.09. The van der Waals surface area contributed by atoms with Crippen molar-refractivity contribution >= 4 is 160 Å². The van der Waals surface area contributed by atoms with Crippen molar-refractivity contribution in [3.63, 3.8) is 0 Å². The minimum Gasteiger partial charge on any atom is -0.481 e. The molecule has 14 nitrogen and oxygen atoms in total. The van der Waals surface area contributed by atoms with E-state index in [1.54, 1.807) is 53.9 Å². The largest absolute Gasteiger partial charge is 0.481 e. The number of anilines is 3. The first-order valence-corrected chi connectivity index (χ1v) is 44.8. The zero-order chi connectivity index (χ0) is 90.0. The van der Waals surface area contributed by atoms with Gasteiger partial charge in [-0.3, -0.25) is 19.2 Å². The first-order valence-electron chi connectivity index (χ1n) is 39.6. The second kappa shape index (κ2) is 50.0. The summed E-state index contributed by atoms with van der Waals surface area (Å²) in [5.41, 5.74) is 18.5. The lowest BCUT2D eigenvalue weighted by Crippen LogP contribution is -2.25. The van der Waals surface area contributed by atoms with Crippen LogP contribution in [-0.2, 0) is 28.7 Å². The van der Waals surface area contributed by atoms with E-state index in [1.165, 1.54) is 34.0 Å². The van der Waals surface area contributed by atoms with Crippen molar-refractivity contribution in [2.24, 2.45) is 0 Å². The number of rotatable bonds is 24. The molecular formula is C103H97Cl6N3O11S3. The molecule has 3 aromatic heterocycles. The SMILES string of the molecule is C.CC(C)(C)OC(=O)c1c(-c2ccc(Cl)cc2)csc1N.CC(C)(C)OC(=O)c1c(-c2ccc(Cl)cc2)csc1NC(=O)CC(c1ccccc1)c1ccccc1.ClCCl.O=C(CC(c1ccccc1)c1ccccc1)Nc1scc(-c2ccc(Cl)cc2)c1C(=O)O.O=C(Cl)CC(c1ccccc1)c1ccccc1.O=C(O)CC(c1ccccc1)c1ccccc1. The van der Waals surface area contributed by atoms with E-state index in [2.05, 4.69) is 10.6 Å². The molecule has 6 N–H and O–H groups in total. The zero-order valence-electron chi connectivity index (χ0n) is 69.2. The molecular weight excluding hydrogens is 1760 g/mol. The number of nitrogens with one attached hydrogen (secondary N) is 2. The van der Waals surface area contributed by atoms with Crippen molar-refractivity contribution in [1.29, 1.82) is 0 Å². The molecule has 0 fully saturated rings. The molecule has 0 unspecified atom stereocenters. The first-order chi connectivity index (χ1) is 60.0. The number of nitrogens with two attached hydrogens (primary N) is 1. The summed E-state index contributed by atoms with van der Waals surface area (Å²) in [6.45, 7) is 11.0. The van der Waals surface area contributed by atoms with Crippen LogP contribution in [0.2, 0.25) is 15.1 Å². The Morgan fingerprint density at radius 1 is 0.349 bits per heavy atom. The number of carbonyl (C=O) groups excluding carboxylic acids is 5. The van der Waals surface area contributed by atoms with Gasteiger partial charge in [0.2, 0.25) is 17.1 Å². The molecule has 14 rings (SSSR count). The molecule has 11 aromatic carbocycles. The molecule has 126 heavy (non-hydrogen) atoms. The molecule has 0 aliphatic carbocycles. The van der Waals surface area contributed by atoms with Crippen LogP contribution in [0, 0.1) is 0 Å². The number of hydrogen-bond acceptors (Lipinski definition) is 13. The fourth-order valence-corrected chi connectivity index (χ4v) is 16.6. The van der Waals surface area contributed by atoms with Gasteiger partial charge in [-0.1, -0.05) is 321 Å². The fourth-order valence-electron chi connectivity index (χ4n) is 13.3. The average Bonchev–Trinajstić information content (AvgIpc) is 1.65. The van der Waals surface area contributed by atoms with Gasteiger partial charge in [0.05, 0.1) is 11.8 Å². The minimum absolute atomic E-state index is 0. The number of ether oxygens (including phenoxy) is 2. The Hall–Kier alpha value is -11.5. The molecule has 0 atom stereocenters. The van der Waals surface area contributed by atoms with Gasteiger partial charge in [0.15, 0.2) is 0 Å². The van der Waals surface area contributed by atoms with Gasteiger partial charge < -0.3 is 36.1 Å². The maximum atomic E-state index is 13.3. The lowest BCUT2D eigenvalue weighted by atomic mass is 9.88. The van der Waals surface area contributed by atoms with Crippen LogP contribution in [0.1, 0.15) is 174 Å². The molecule has 3 heterocycles. The van der Waals surface area contributed by atoms with Crippen LogP contribution in [0.15, 0.2) is 332 Å². The van der Waals surface area contributed by atoms with Crippen molar-refractivity contribution in [3.8, 4) is 33.4 Å². The molecule has 0 spiro atoms. The van der Waals surface area contributed by atoms with Gasteiger partial charge in [-0.05, 0) is 151 Å². The highest BCUT2D eigenvalue weighted by molar-refractivity contribution is 7.16. The summed E-state index contributed by atoms with van der Waals surface area (Å²) >= 11 is 36.8. The number of alkyl halides is 2. The Balaban J connectivity index is 0.000000200. The Morgan fingerprint density at radius 3 is 0.833 bits per heavy atom. The molecule has 0 saturated heterocycles. The molecule has 650 valence electrons. The molecule has 0 radical (unpaired) electrons. The molecule has 14 aromatic rings. The monoisotopic (exact) mass is 1860 g/mol. The topological polar surface area (TPSA) is 228 Å². The van der Waals surface area contributed by atoms with E-state index in [9.17, 15) is 38.7 Å². The summed E-state index contributed by atoms with van der Waals surface area (Å²) in [5.74, 6) is -3.45. The van der Waals surface area contributed by atoms with Crippen molar-refractivity contribution < 1.29 is 53.2 Å². The van der Waals surface area contributed by atoms with Gasteiger partial charge in [0, 0.05) is 90.8 Å². The highest BCUT2D eigenvalue weighted by atomic mass is 35.5. The summed E-state index contributed by atoms with van der Waals surface area (Å²) in [6, 6.07) is 101. The van der Waals surface area contributed by atoms with Gasteiger partial charge in [0.1, 0.15) is 42.9 Å². The molecule has 0 aliphatic rings. The number of halogens is 6. The molecule has 0 bridgehead atoms. The number of esters is 2. The summed E-state index contributed by atoms with van der Waals surface area (Å²) in [5, 5.41) is 33.1. The summed E-state index contributed by atoms with van der Waals surface area (Å²) in [4.78, 5) is 86.0. The van der Waals surface area contributed by atoms with Gasteiger partial charge in [-0.15, -0.1) is 57.2 Å². The predicted octanol–water partition coefficient (Wildman–Crippen LogP) is 29.0. The number of carbonyl (C=O) groups is 7. The lowest BCUT2D eigenvalue weighted by Gasteiger charge is -2.21. The number of carboxylic acid groups (broad SMARTS) is 2. The van der Waals surface area contributed by atoms with Crippen LogP contribution in [-0.4, -0.2) is 67.7 Å². The van der Waals surface area contributed by atoms with Gasteiger partial charge >= 0.3 is 23.9 Å². The number of thiophene rings is 3. The Kier molecular flexibility index (Phi) is 39.7. The Bertz CT molecular complexity index is 5500. The molecule has 2 amide bonds. The number of aromatic carboxylic acids is 1. The third-order valence-corrected chi connectivity index (χ3v) is 22.4. The highest BCUT2D eigenvalue weighted by Crippen LogP contribution is 2.42. The van der Waals surface area contributed by atoms with E-state index in [4.69, 9.17) is 89.9 Å². The second-order valence-electron chi connectivity index (χ2n) is 30.2. The number of aliphatic carboxylic acids is 1. The van der Waals surface area contributed by atoms with Crippen LogP contribution in [0.3, 0.4) is 0 Å². The van der Waals surface area contributed by atoms with Gasteiger partial charge in [-0.25, -0.2) is 14.4 Å². The zero-order valence-corrected chi connectivity index (χ0v) is 76.2. The Morgan fingerprint density at radius 2 is 0.579 bits per heavy atom. The number of benzene rings is 11. The van der Waals surface area contributed by atoms with Crippen LogP contribution in [0.4, 0.5) is 15.0 Å². The van der Waals surface area contributed by atoms with E-state index in [0.29, 0.717) is 58.7 Å². The van der Waals surface area contributed by atoms with Crippen molar-refractivity contribution in [2.45, 2.75) is 110 Å². The van der Waals surface area contributed by atoms with Crippen LogP contribution in [0.5, 0.6) is 0 Å². The summed E-state index contributed by atoms with van der Waals surface area (Å²) in [6.07, 6.45) is 0.876. The molecule has 0 saturated carbocycles. The number of nitrogen functional groups attached to an aromatic ring is 1. The lowest BCUT2D eigenvalue weighted by molar-refractivity contribution is -0.137. The van der Waals surface area contributed by atoms with Crippen molar-refractivity contribution in [2.75, 3.05) is 21.7 Å². The van der Waals surface area contributed by atoms with E-state index >= 15 is 0 Å². The Labute approximate surface area is 778 Å². The quantitative estimate of drug-likeness (QED) is 0.0216. The van der Waals surface area contributed by atoms with Crippen LogP contribution in [0.25, 0.3) is 33.4 Å².